The summed E-state index contributed by atoms with van der Waals surface area (Å²) in [6.45, 7) is 0. The highest BCUT2D eigenvalue weighted by molar-refractivity contribution is 5.78. The number of rotatable bonds is 3. The zero-order valence-electron chi connectivity index (χ0n) is 4.40. The summed E-state index contributed by atoms with van der Waals surface area (Å²) in [7, 11) is 0. The summed E-state index contributed by atoms with van der Waals surface area (Å²) in [5, 5.41) is 25.7. The molecule has 0 aromatic carbocycles. The van der Waals surface area contributed by atoms with E-state index in [0.29, 0.717) is 0 Å². The Bertz CT molecular complexity index is 129. The maximum absolute atomic E-state index is 9.66. The van der Waals surface area contributed by atoms with E-state index < -0.39 is 24.5 Å². The summed E-state index contributed by atoms with van der Waals surface area (Å²) in [5.74, 6) is -3.14. The largest absolute Gasteiger partial charge is 0.481 e. The molecule has 0 amide bonds. The van der Waals surface area contributed by atoms with Crippen molar-refractivity contribution in [1.29, 1.82) is 0 Å². The molecule has 0 aliphatic heterocycles. The molecule has 5 nitrogen and oxygen atoms in total. The first kappa shape index (κ1) is 7.90. The Kier molecular flexibility index (Phi) is 2.66. The predicted molar refractivity (Wildman–Crippen MR) is 24.0 cm³/mol. The minimum Gasteiger partial charge on any atom is -0.481 e. The van der Waals surface area contributed by atoms with Crippen LogP contribution in [-0.2, 0) is 14.7 Å². The summed E-state index contributed by atoms with van der Waals surface area (Å²) in [6.07, 6.45) is -2.72. The third kappa shape index (κ3) is 3.48. The zero-order chi connectivity index (χ0) is 7.44. The van der Waals surface area contributed by atoms with Crippen LogP contribution in [0.5, 0.6) is 0 Å². The van der Waals surface area contributed by atoms with Crippen LogP contribution in [0.1, 0.15) is 6.42 Å². The maximum atomic E-state index is 9.66. The van der Waals surface area contributed by atoms with Crippen LogP contribution < -0.4 is 0 Å². The Morgan fingerprint density at radius 3 is 2.00 bits per heavy atom. The molecule has 1 atom stereocenters. The van der Waals surface area contributed by atoms with Crippen molar-refractivity contribution in [3.63, 3.8) is 0 Å². The first-order valence-electron chi connectivity index (χ1n) is 2.14. The summed E-state index contributed by atoms with van der Waals surface area (Å²) < 4.78 is 0. The van der Waals surface area contributed by atoms with Crippen LogP contribution in [0.4, 0.5) is 0 Å². The SMILES string of the molecule is [O]C(=O)[C@@H](O)CC(=O)O. The molecule has 0 bridgehead atoms. The van der Waals surface area contributed by atoms with Crippen molar-refractivity contribution in [1.82, 2.24) is 0 Å². The average molecular weight is 133 g/mol. The predicted octanol–water partition coefficient (Wildman–Crippen LogP) is -1.22. The molecular formula is C4H5O5. The van der Waals surface area contributed by atoms with Gasteiger partial charge in [-0.25, -0.2) is 9.90 Å². The molecule has 0 spiro atoms. The van der Waals surface area contributed by atoms with Gasteiger partial charge in [-0.2, -0.15) is 0 Å². The monoisotopic (exact) mass is 133 g/mol. The van der Waals surface area contributed by atoms with E-state index in [2.05, 4.69) is 0 Å². The standard InChI is InChI=1S/C4H5O5/c5-2(4(8)9)1-3(6)7/h2,5H,1H2,(H,6,7)/t2-/m0/s1. The van der Waals surface area contributed by atoms with Crippen molar-refractivity contribution < 1.29 is 24.9 Å². The molecule has 5 heteroatoms. The smallest absolute Gasteiger partial charge is 0.384 e. The lowest BCUT2D eigenvalue weighted by atomic mass is 10.3. The van der Waals surface area contributed by atoms with E-state index in [9.17, 15) is 14.7 Å². The van der Waals surface area contributed by atoms with Gasteiger partial charge in [-0.05, 0) is 0 Å². The normalized spacial score (nSPS) is 12.6. The van der Waals surface area contributed by atoms with Gasteiger partial charge in [0.25, 0.3) is 0 Å². The summed E-state index contributed by atoms with van der Waals surface area (Å²) >= 11 is 0. The number of aliphatic hydroxyl groups is 1. The van der Waals surface area contributed by atoms with Crippen molar-refractivity contribution in [3.8, 4) is 0 Å². The van der Waals surface area contributed by atoms with Crippen LogP contribution in [0.25, 0.3) is 0 Å². The van der Waals surface area contributed by atoms with Crippen LogP contribution in [0, 0.1) is 0 Å². The van der Waals surface area contributed by atoms with Crippen molar-refractivity contribution in [3.05, 3.63) is 0 Å². The quantitative estimate of drug-likeness (QED) is 0.504. The number of carboxylic acids is 1. The molecule has 1 radical (unpaired) electrons. The van der Waals surface area contributed by atoms with Crippen molar-refractivity contribution in [2.45, 2.75) is 12.5 Å². The minimum absolute atomic E-state index is 0.817. The Labute approximate surface area is 50.5 Å². The molecule has 9 heavy (non-hydrogen) atoms. The number of carboxylic acid groups (broad SMARTS) is 1. The minimum atomic E-state index is -1.90. The molecule has 2 N–H and O–H groups in total. The van der Waals surface area contributed by atoms with E-state index in [4.69, 9.17) is 10.2 Å². The van der Waals surface area contributed by atoms with Gasteiger partial charge < -0.3 is 10.2 Å². The lowest BCUT2D eigenvalue weighted by Crippen LogP contribution is -2.21. The fraction of sp³-hybridized carbons (Fsp3) is 0.500. The molecular weight excluding hydrogens is 128 g/mol. The van der Waals surface area contributed by atoms with Gasteiger partial charge in [0.05, 0.1) is 6.42 Å². The molecule has 0 aliphatic carbocycles. The second-order valence-electron chi connectivity index (χ2n) is 1.43. The van der Waals surface area contributed by atoms with Crippen LogP contribution in [0.2, 0.25) is 0 Å². The highest BCUT2D eigenvalue weighted by Crippen LogP contribution is 1.90. The zero-order valence-corrected chi connectivity index (χ0v) is 4.40. The highest BCUT2D eigenvalue weighted by Gasteiger charge is 2.18. The number of aliphatic carboxylic acids is 1. The van der Waals surface area contributed by atoms with Gasteiger partial charge in [0.15, 0.2) is 6.10 Å². The third-order valence-electron chi connectivity index (χ3n) is 0.640. The number of carbonyl (C=O) groups excluding carboxylic acids is 1. The lowest BCUT2D eigenvalue weighted by Gasteiger charge is -1.95. The van der Waals surface area contributed by atoms with E-state index >= 15 is 0 Å². The van der Waals surface area contributed by atoms with E-state index in [1.54, 1.807) is 0 Å². The van der Waals surface area contributed by atoms with Crippen molar-refractivity contribution >= 4 is 11.9 Å². The van der Waals surface area contributed by atoms with E-state index in [1.807, 2.05) is 0 Å². The molecule has 51 valence electrons. The topological polar surface area (TPSA) is 94.5 Å². The molecule has 0 aromatic heterocycles. The number of carbonyl (C=O) groups is 2. The Morgan fingerprint density at radius 2 is 1.89 bits per heavy atom. The van der Waals surface area contributed by atoms with Gasteiger partial charge in [-0.1, -0.05) is 0 Å². The Balaban J connectivity index is 3.63. The second kappa shape index (κ2) is 3.03. The second-order valence-corrected chi connectivity index (χ2v) is 1.43. The van der Waals surface area contributed by atoms with Gasteiger partial charge in [-0.15, -0.1) is 0 Å². The Morgan fingerprint density at radius 1 is 1.44 bits per heavy atom. The maximum Gasteiger partial charge on any atom is 0.384 e. The van der Waals surface area contributed by atoms with Gasteiger partial charge in [0.2, 0.25) is 0 Å². The molecule has 0 rings (SSSR count). The fourth-order valence-corrected chi connectivity index (χ4v) is 0.249. The van der Waals surface area contributed by atoms with Crippen molar-refractivity contribution in [2.24, 2.45) is 0 Å². The van der Waals surface area contributed by atoms with Crippen LogP contribution in [0.15, 0.2) is 0 Å². The molecule has 0 saturated carbocycles. The number of hydrogen-bond acceptors (Lipinski definition) is 3. The molecule has 0 aromatic rings. The highest BCUT2D eigenvalue weighted by atomic mass is 16.4. The summed E-state index contributed by atoms with van der Waals surface area (Å²) in [4.78, 5) is 19.3. The fourth-order valence-electron chi connectivity index (χ4n) is 0.249. The third-order valence-corrected chi connectivity index (χ3v) is 0.640. The summed E-state index contributed by atoms with van der Waals surface area (Å²) in [6, 6.07) is 0. The lowest BCUT2D eigenvalue weighted by molar-refractivity contribution is -0.157. The van der Waals surface area contributed by atoms with Crippen LogP contribution in [0.3, 0.4) is 0 Å². The van der Waals surface area contributed by atoms with Gasteiger partial charge in [0.1, 0.15) is 0 Å². The molecule has 0 fully saturated rings. The molecule has 0 heterocycles. The Hall–Kier alpha value is -1.10. The van der Waals surface area contributed by atoms with Crippen molar-refractivity contribution in [2.75, 3.05) is 0 Å². The van der Waals surface area contributed by atoms with Crippen LogP contribution >= 0.6 is 0 Å². The van der Waals surface area contributed by atoms with E-state index in [0.717, 1.165) is 0 Å². The number of aliphatic hydroxyl groups excluding tert-OH is 1. The average Bonchev–Trinajstić information content (AvgIpc) is 1.63. The molecule has 0 saturated heterocycles. The first-order valence-corrected chi connectivity index (χ1v) is 2.14. The molecule has 0 unspecified atom stereocenters. The van der Waals surface area contributed by atoms with Crippen LogP contribution in [-0.4, -0.2) is 28.3 Å². The van der Waals surface area contributed by atoms with E-state index in [1.165, 1.54) is 0 Å². The van der Waals surface area contributed by atoms with E-state index in [-0.39, 0.29) is 0 Å². The number of hydrogen-bond donors (Lipinski definition) is 2. The summed E-state index contributed by atoms with van der Waals surface area (Å²) in [5.41, 5.74) is 0. The van der Waals surface area contributed by atoms with Gasteiger partial charge in [0, 0.05) is 0 Å². The first-order chi connectivity index (χ1) is 4.04. The van der Waals surface area contributed by atoms with Gasteiger partial charge >= 0.3 is 11.9 Å². The molecule has 0 aliphatic rings. The van der Waals surface area contributed by atoms with Gasteiger partial charge in [-0.3, -0.25) is 4.79 Å².